The molecule has 0 spiro atoms. The second-order valence-corrected chi connectivity index (χ2v) is 5.07. The number of nitrogens with one attached hydrogen (secondary N) is 1. The van der Waals surface area contributed by atoms with Crippen molar-refractivity contribution in [3.05, 3.63) is 39.4 Å². The van der Waals surface area contributed by atoms with Gasteiger partial charge >= 0.3 is 0 Å². The van der Waals surface area contributed by atoms with Crippen molar-refractivity contribution in [1.82, 2.24) is 5.32 Å². The number of rotatable bonds is 7. The van der Waals surface area contributed by atoms with Gasteiger partial charge in [-0.25, -0.2) is 0 Å². The first kappa shape index (κ1) is 15.6. The average molecular weight is 264 g/mol. The van der Waals surface area contributed by atoms with Crippen molar-refractivity contribution in [2.24, 2.45) is 5.92 Å². The molecule has 0 bridgehead atoms. The number of nitrogens with zero attached hydrogens (tertiary/aromatic N) is 1. The van der Waals surface area contributed by atoms with E-state index in [2.05, 4.69) is 26.1 Å². The zero-order chi connectivity index (χ0) is 14.4. The molecular formula is C15H24N2O2. The smallest absolute Gasteiger partial charge is 0.272 e. The van der Waals surface area contributed by atoms with Gasteiger partial charge in [0.2, 0.25) is 0 Å². The Bertz CT molecular complexity index is 432. The summed E-state index contributed by atoms with van der Waals surface area (Å²) in [6.45, 7) is 9.28. The van der Waals surface area contributed by atoms with Crippen molar-refractivity contribution in [2.45, 2.75) is 46.6 Å². The lowest BCUT2D eigenvalue weighted by molar-refractivity contribution is -0.385. The first-order valence-corrected chi connectivity index (χ1v) is 6.97. The van der Waals surface area contributed by atoms with Gasteiger partial charge < -0.3 is 5.32 Å². The van der Waals surface area contributed by atoms with Gasteiger partial charge in [-0.1, -0.05) is 32.9 Å². The van der Waals surface area contributed by atoms with Crippen molar-refractivity contribution in [3.63, 3.8) is 0 Å². The van der Waals surface area contributed by atoms with Crippen LogP contribution in [0, 0.1) is 23.0 Å². The highest BCUT2D eigenvalue weighted by atomic mass is 16.6. The Kier molecular flexibility index (Phi) is 5.96. The van der Waals surface area contributed by atoms with Crippen molar-refractivity contribution >= 4 is 5.69 Å². The molecule has 0 aliphatic rings. The third-order valence-corrected chi connectivity index (χ3v) is 3.75. The summed E-state index contributed by atoms with van der Waals surface area (Å²) in [7, 11) is 0. The van der Waals surface area contributed by atoms with Gasteiger partial charge in [0.1, 0.15) is 0 Å². The van der Waals surface area contributed by atoms with Crippen LogP contribution in [-0.4, -0.2) is 17.5 Å². The molecule has 1 N–H and O–H groups in total. The van der Waals surface area contributed by atoms with Crippen LogP contribution in [0.25, 0.3) is 0 Å². The molecule has 19 heavy (non-hydrogen) atoms. The first-order valence-electron chi connectivity index (χ1n) is 6.97. The SMILES string of the molecule is CCNC(CC)C(C)Cc1cccc([N+](=O)[O-])c1C. The molecule has 0 fully saturated rings. The van der Waals surface area contributed by atoms with Crippen LogP contribution in [0.5, 0.6) is 0 Å². The second-order valence-electron chi connectivity index (χ2n) is 5.07. The molecule has 0 saturated heterocycles. The van der Waals surface area contributed by atoms with E-state index in [4.69, 9.17) is 0 Å². The number of nitro groups is 1. The molecule has 2 unspecified atom stereocenters. The van der Waals surface area contributed by atoms with Gasteiger partial charge in [-0.05, 0) is 37.8 Å². The predicted octanol–water partition coefficient (Wildman–Crippen LogP) is 3.47. The van der Waals surface area contributed by atoms with E-state index in [-0.39, 0.29) is 10.6 Å². The molecule has 4 heteroatoms. The number of benzene rings is 1. The maximum absolute atomic E-state index is 10.9. The van der Waals surface area contributed by atoms with Gasteiger partial charge in [0.05, 0.1) is 4.92 Å². The van der Waals surface area contributed by atoms with Crippen molar-refractivity contribution in [2.75, 3.05) is 6.54 Å². The summed E-state index contributed by atoms with van der Waals surface area (Å²) in [5.41, 5.74) is 2.10. The number of hydrogen-bond donors (Lipinski definition) is 1. The monoisotopic (exact) mass is 264 g/mol. The zero-order valence-corrected chi connectivity index (χ0v) is 12.3. The second kappa shape index (κ2) is 7.24. The summed E-state index contributed by atoms with van der Waals surface area (Å²) in [6, 6.07) is 5.81. The fraction of sp³-hybridized carbons (Fsp3) is 0.600. The molecule has 0 aliphatic carbocycles. The van der Waals surface area contributed by atoms with E-state index in [1.165, 1.54) is 0 Å². The van der Waals surface area contributed by atoms with Gasteiger partial charge in [-0.15, -0.1) is 0 Å². The molecule has 0 radical (unpaired) electrons. The van der Waals surface area contributed by atoms with E-state index >= 15 is 0 Å². The molecular weight excluding hydrogens is 240 g/mol. The van der Waals surface area contributed by atoms with Crippen LogP contribution in [0.2, 0.25) is 0 Å². The van der Waals surface area contributed by atoms with E-state index in [1.807, 2.05) is 13.0 Å². The van der Waals surface area contributed by atoms with Crippen molar-refractivity contribution in [1.29, 1.82) is 0 Å². The lowest BCUT2D eigenvalue weighted by Gasteiger charge is -2.24. The molecule has 4 nitrogen and oxygen atoms in total. The summed E-state index contributed by atoms with van der Waals surface area (Å²) in [4.78, 5) is 10.6. The van der Waals surface area contributed by atoms with E-state index in [0.717, 1.165) is 30.5 Å². The molecule has 1 aromatic carbocycles. The van der Waals surface area contributed by atoms with E-state index in [1.54, 1.807) is 12.1 Å². The minimum absolute atomic E-state index is 0.223. The molecule has 2 atom stereocenters. The molecule has 0 amide bonds. The Hall–Kier alpha value is -1.42. The van der Waals surface area contributed by atoms with Crippen LogP contribution in [0.1, 0.15) is 38.3 Å². The largest absolute Gasteiger partial charge is 0.314 e. The van der Waals surface area contributed by atoms with Crippen LogP contribution in [0.15, 0.2) is 18.2 Å². The highest BCUT2D eigenvalue weighted by molar-refractivity contribution is 5.44. The highest BCUT2D eigenvalue weighted by Crippen LogP contribution is 2.24. The van der Waals surface area contributed by atoms with Gasteiger partial charge in [0.15, 0.2) is 0 Å². The molecule has 0 aromatic heterocycles. The summed E-state index contributed by atoms with van der Waals surface area (Å²) >= 11 is 0. The first-order chi connectivity index (χ1) is 9.01. The predicted molar refractivity (Wildman–Crippen MR) is 78.5 cm³/mol. The minimum Gasteiger partial charge on any atom is -0.314 e. The fourth-order valence-corrected chi connectivity index (χ4v) is 2.59. The van der Waals surface area contributed by atoms with Crippen molar-refractivity contribution < 1.29 is 4.92 Å². The summed E-state index contributed by atoms with van der Waals surface area (Å²) in [6.07, 6.45) is 1.95. The van der Waals surface area contributed by atoms with E-state index < -0.39 is 0 Å². The summed E-state index contributed by atoms with van der Waals surface area (Å²) in [5.74, 6) is 0.464. The number of hydrogen-bond acceptors (Lipinski definition) is 3. The quantitative estimate of drug-likeness (QED) is 0.606. The molecule has 1 rings (SSSR count). The Labute approximate surface area is 115 Å². The lowest BCUT2D eigenvalue weighted by atomic mass is 9.90. The van der Waals surface area contributed by atoms with E-state index in [9.17, 15) is 10.1 Å². The molecule has 0 aliphatic heterocycles. The molecule has 1 aromatic rings. The lowest BCUT2D eigenvalue weighted by Crippen LogP contribution is -2.35. The van der Waals surface area contributed by atoms with Gasteiger partial charge in [-0.2, -0.15) is 0 Å². The molecule has 0 heterocycles. The average Bonchev–Trinajstić information content (AvgIpc) is 2.37. The van der Waals surface area contributed by atoms with Crippen LogP contribution >= 0.6 is 0 Å². The zero-order valence-electron chi connectivity index (χ0n) is 12.3. The maximum Gasteiger partial charge on any atom is 0.272 e. The Morgan fingerprint density at radius 2 is 2.05 bits per heavy atom. The number of nitro benzene ring substituents is 1. The van der Waals surface area contributed by atoms with Crippen molar-refractivity contribution in [3.8, 4) is 0 Å². The Morgan fingerprint density at radius 3 is 2.58 bits per heavy atom. The third kappa shape index (κ3) is 4.03. The fourth-order valence-electron chi connectivity index (χ4n) is 2.59. The Morgan fingerprint density at radius 1 is 1.37 bits per heavy atom. The van der Waals surface area contributed by atoms with Gasteiger partial charge in [0, 0.05) is 17.7 Å². The van der Waals surface area contributed by atoms with E-state index in [0.29, 0.717) is 12.0 Å². The van der Waals surface area contributed by atoms with Gasteiger partial charge in [-0.3, -0.25) is 10.1 Å². The third-order valence-electron chi connectivity index (χ3n) is 3.75. The molecule has 0 saturated carbocycles. The highest BCUT2D eigenvalue weighted by Gasteiger charge is 2.18. The van der Waals surface area contributed by atoms with Crippen LogP contribution in [-0.2, 0) is 6.42 Å². The van der Waals surface area contributed by atoms with Gasteiger partial charge in [0.25, 0.3) is 5.69 Å². The van der Waals surface area contributed by atoms with Crippen LogP contribution < -0.4 is 5.32 Å². The normalized spacial score (nSPS) is 14.1. The van der Waals surface area contributed by atoms with Crippen LogP contribution in [0.4, 0.5) is 5.69 Å². The maximum atomic E-state index is 10.9. The molecule has 106 valence electrons. The summed E-state index contributed by atoms with van der Waals surface area (Å²) < 4.78 is 0. The minimum atomic E-state index is -0.300. The summed E-state index contributed by atoms with van der Waals surface area (Å²) in [5, 5.41) is 14.4. The van der Waals surface area contributed by atoms with Crippen LogP contribution in [0.3, 0.4) is 0 Å². The topological polar surface area (TPSA) is 55.2 Å². The standard InChI is InChI=1S/C15H24N2O2/c1-5-14(16-6-2)11(3)10-13-8-7-9-15(12(13)4)17(18)19/h7-9,11,14,16H,5-6,10H2,1-4H3. The Balaban J connectivity index is 2.87.